The molecule has 0 spiro atoms. The first-order chi connectivity index (χ1) is 9.65. The van der Waals surface area contributed by atoms with Gasteiger partial charge in [0.05, 0.1) is 5.56 Å². The smallest absolute Gasteiger partial charge is 0.338 e. The molecular weight excluding hydrogens is 278 g/mol. The summed E-state index contributed by atoms with van der Waals surface area (Å²) in [5.41, 5.74) is 0.138. The molecule has 0 saturated carbocycles. The number of thiophene rings is 1. The first-order valence-corrected chi connectivity index (χ1v) is 7.65. The molecule has 1 aromatic rings. The maximum absolute atomic E-state index is 12.0. The second-order valence-electron chi connectivity index (χ2n) is 5.21. The number of rotatable bonds is 3. The van der Waals surface area contributed by atoms with Crippen LogP contribution in [-0.2, 0) is 0 Å². The van der Waals surface area contributed by atoms with Crippen molar-refractivity contribution in [3.63, 3.8) is 0 Å². The highest BCUT2D eigenvalue weighted by Crippen LogP contribution is 2.28. The number of hydrogen-bond donors (Lipinski definition) is 3. The number of carboxylic acid groups (broad SMARTS) is 1. The van der Waals surface area contributed by atoms with Gasteiger partial charge in [0.15, 0.2) is 0 Å². The number of carboxylic acids is 1. The van der Waals surface area contributed by atoms with Crippen molar-refractivity contribution in [1.29, 1.82) is 0 Å². The van der Waals surface area contributed by atoms with E-state index in [1.54, 1.807) is 5.38 Å². The molecule has 6 nitrogen and oxygen atoms in total. The van der Waals surface area contributed by atoms with Crippen LogP contribution < -0.4 is 10.6 Å². The van der Waals surface area contributed by atoms with Crippen LogP contribution in [0.5, 0.6) is 0 Å². The Bertz CT molecular complexity index is 531. The van der Waals surface area contributed by atoms with Gasteiger partial charge in [0, 0.05) is 18.6 Å². The van der Waals surface area contributed by atoms with E-state index >= 15 is 0 Å². The molecule has 2 amide bonds. The number of fused-ring (bicyclic) bond motifs is 1. The minimum Gasteiger partial charge on any atom is -0.478 e. The Morgan fingerprint density at radius 1 is 1.35 bits per heavy atom. The van der Waals surface area contributed by atoms with Crippen molar-refractivity contribution in [2.24, 2.45) is 0 Å². The fraction of sp³-hybridized carbons (Fsp3) is 0.538. The summed E-state index contributed by atoms with van der Waals surface area (Å²) >= 11 is 1.22. The lowest BCUT2D eigenvalue weighted by Crippen LogP contribution is -2.44. The van der Waals surface area contributed by atoms with Crippen LogP contribution in [0.3, 0.4) is 0 Å². The average Bonchev–Trinajstić information content (AvgIpc) is 3.06. The fourth-order valence-electron chi connectivity index (χ4n) is 3.13. The van der Waals surface area contributed by atoms with E-state index in [-0.39, 0.29) is 17.6 Å². The second-order valence-corrected chi connectivity index (χ2v) is 6.12. The van der Waals surface area contributed by atoms with E-state index in [1.807, 2.05) is 0 Å². The van der Waals surface area contributed by atoms with Gasteiger partial charge in [-0.15, -0.1) is 11.3 Å². The molecule has 3 N–H and O–H groups in total. The van der Waals surface area contributed by atoms with Gasteiger partial charge < -0.3 is 10.4 Å². The number of nitrogens with zero attached hydrogens (tertiary/aromatic N) is 1. The van der Waals surface area contributed by atoms with Crippen molar-refractivity contribution >= 4 is 28.3 Å². The maximum Gasteiger partial charge on any atom is 0.338 e. The van der Waals surface area contributed by atoms with Gasteiger partial charge in [-0.25, -0.2) is 9.59 Å². The number of anilines is 1. The van der Waals surface area contributed by atoms with Gasteiger partial charge in [0.2, 0.25) is 0 Å². The van der Waals surface area contributed by atoms with Crippen LogP contribution in [0.4, 0.5) is 9.80 Å². The molecule has 7 heteroatoms. The Morgan fingerprint density at radius 2 is 2.20 bits per heavy atom. The average molecular weight is 295 g/mol. The molecule has 1 aromatic heterocycles. The molecule has 0 aromatic carbocycles. The zero-order chi connectivity index (χ0) is 14.1. The number of nitrogens with one attached hydrogen (secondary N) is 2. The summed E-state index contributed by atoms with van der Waals surface area (Å²) in [4.78, 5) is 25.4. The van der Waals surface area contributed by atoms with Gasteiger partial charge >= 0.3 is 12.0 Å². The minimum atomic E-state index is -1.02. The van der Waals surface area contributed by atoms with Gasteiger partial charge in [0.1, 0.15) is 5.00 Å². The van der Waals surface area contributed by atoms with Gasteiger partial charge in [0.25, 0.3) is 0 Å². The molecule has 2 aliphatic rings. The summed E-state index contributed by atoms with van der Waals surface area (Å²) in [6, 6.07) is 1.80. The van der Waals surface area contributed by atoms with E-state index in [4.69, 9.17) is 5.11 Å². The molecule has 2 unspecified atom stereocenters. The van der Waals surface area contributed by atoms with Gasteiger partial charge in [-0.3, -0.25) is 10.2 Å². The zero-order valence-electron chi connectivity index (χ0n) is 11.0. The Kier molecular flexibility index (Phi) is 3.62. The van der Waals surface area contributed by atoms with E-state index < -0.39 is 5.97 Å². The molecular formula is C13H17N3O3S. The summed E-state index contributed by atoms with van der Waals surface area (Å²) in [5.74, 6) is -1.02. The molecule has 2 atom stereocenters. The predicted octanol–water partition coefficient (Wildman–Crippen LogP) is 1.80. The van der Waals surface area contributed by atoms with E-state index in [1.165, 1.54) is 23.8 Å². The Morgan fingerprint density at radius 3 is 3.00 bits per heavy atom. The van der Waals surface area contributed by atoms with Crippen LogP contribution in [0.15, 0.2) is 11.4 Å². The second kappa shape index (κ2) is 5.41. The Balaban J connectivity index is 1.60. The number of hydrogen-bond acceptors (Lipinski definition) is 4. The van der Waals surface area contributed by atoms with Crippen molar-refractivity contribution in [2.75, 3.05) is 18.4 Å². The Hall–Kier alpha value is -1.60. The van der Waals surface area contributed by atoms with E-state index in [9.17, 15) is 9.59 Å². The summed E-state index contributed by atoms with van der Waals surface area (Å²) < 4.78 is 0. The van der Waals surface area contributed by atoms with Crippen molar-refractivity contribution < 1.29 is 14.7 Å². The minimum absolute atomic E-state index is 0.138. The first-order valence-electron chi connectivity index (χ1n) is 6.77. The molecule has 2 aliphatic heterocycles. The van der Waals surface area contributed by atoms with Crippen LogP contribution >= 0.6 is 11.3 Å². The maximum atomic E-state index is 12.0. The van der Waals surface area contributed by atoms with Crippen LogP contribution in [0.2, 0.25) is 0 Å². The van der Waals surface area contributed by atoms with E-state index in [2.05, 4.69) is 15.5 Å². The zero-order valence-corrected chi connectivity index (χ0v) is 11.8. The highest BCUT2D eigenvalue weighted by Gasteiger charge is 2.37. The van der Waals surface area contributed by atoms with Crippen LogP contribution in [0.1, 0.15) is 29.6 Å². The molecule has 2 saturated heterocycles. The van der Waals surface area contributed by atoms with Crippen LogP contribution in [0, 0.1) is 0 Å². The molecule has 0 radical (unpaired) electrons. The number of amides is 2. The normalized spacial score (nSPS) is 25.4. The molecule has 3 rings (SSSR count). The van der Waals surface area contributed by atoms with Crippen LogP contribution in [-0.4, -0.2) is 47.2 Å². The first kappa shape index (κ1) is 13.4. The van der Waals surface area contributed by atoms with Gasteiger partial charge in [-0.05, 0) is 37.3 Å². The summed E-state index contributed by atoms with van der Waals surface area (Å²) in [6.07, 6.45) is 3.29. The van der Waals surface area contributed by atoms with E-state index in [0.29, 0.717) is 11.0 Å². The summed E-state index contributed by atoms with van der Waals surface area (Å²) in [7, 11) is 0. The largest absolute Gasteiger partial charge is 0.478 e. The predicted molar refractivity (Wildman–Crippen MR) is 76.4 cm³/mol. The highest BCUT2D eigenvalue weighted by atomic mass is 32.1. The Labute approximate surface area is 120 Å². The lowest BCUT2D eigenvalue weighted by molar-refractivity contribution is 0.0698. The summed E-state index contributed by atoms with van der Waals surface area (Å²) in [5, 5.41) is 16.7. The molecule has 2 fully saturated rings. The third-order valence-electron chi connectivity index (χ3n) is 4.05. The van der Waals surface area contributed by atoms with Crippen molar-refractivity contribution in [3.8, 4) is 0 Å². The van der Waals surface area contributed by atoms with Crippen LogP contribution in [0.25, 0.3) is 0 Å². The van der Waals surface area contributed by atoms with E-state index in [0.717, 1.165) is 25.9 Å². The lowest BCUT2D eigenvalue weighted by Gasteiger charge is -2.21. The molecule has 20 heavy (non-hydrogen) atoms. The number of aromatic carboxylic acids is 1. The molecule has 3 heterocycles. The van der Waals surface area contributed by atoms with Gasteiger partial charge in [-0.2, -0.15) is 0 Å². The van der Waals surface area contributed by atoms with Crippen molar-refractivity contribution in [2.45, 2.75) is 31.3 Å². The monoisotopic (exact) mass is 295 g/mol. The molecule has 0 bridgehead atoms. The standard InChI is InChI=1S/C13H17N3O3S/c17-12(18)8-4-7-20-11(8)15-13(19)14-9-3-6-16-5-1-2-10(9)16/h4,7,9-10H,1-3,5-6H2,(H,17,18)(H2,14,15,19). The fourth-order valence-corrected chi connectivity index (χ4v) is 3.91. The molecule has 108 valence electrons. The lowest BCUT2D eigenvalue weighted by atomic mass is 10.1. The number of urea groups is 1. The summed E-state index contributed by atoms with van der Waals surface area (Å²) in [6.45, 7) is 2.16. The SMILES string of the molecule is O=C(Nc1sccc1C(=O)O)NC1CCN2CCCC12. The number of carbonyl (C=O) groups excluding carboxylic acids is 1. The highest BCUT2D eigenvalue weighted by molar-refractivity contribution is 7.14. The number of carbonyl (C=O) groups is 2. The van der Waals surface area contributed by atoms with Gasteiger partial charge in [-0.1, -0.05) is 0 Å². The van der Waals surface area contributed by atoms with Crippen molar-refractivity contribution in [3.05, 3.63) is 17.0 Å². The quantitative estimate of drug-likeness (QED) is 0.794. The third kappa shape index (κ3) is 2.51. The topological polar surface area (TPSA) is 81.7 Å². The molecule has 0 aliphatic carbocycles. The third-order valence-corrected chi connectivity index (χ3v) is 4.88. The van der Waals surface area contributed by atoms with Crippen molar-refractivity contribution in [1.82, 2.24) is 10.2 Å².